The van der Waals surface area contributed by atoms with E-state index in [2.05, 4.69) is 0 Å². The molecule has 1 aliphatic rings. The first-order valence-corrected chi connectivity index (χ1v) is 10.7. The number of hydrogen-bond acceptors (Lipinski definition) is 3. The number of para-hydroxylation sites is 2. The van der Waals surface area contributed by atoms with Crippen molar-refractivity contribution in [3.05, 3.63) is 89.7 Å². The second kappa shape index (κ2) is 7.33. The smallest absolute Gasteiger partial charge is 0.287 e. The highest BCUT2D eigenvalue weighted by Crippen LogP contribution is 2.39. The Morgan fingerprint density at radius 3 is 2.17 bits per heavy atom. The van der Waals surface area contributed by atoms with E-state index in [1.165, 1.54) is 23.1 Å². The monoisotopic (exact) mass is 410 g/mol. The van der Waals surface area contributed by atoms with E-state index in [9.17, 15) is 17.6 Å². The van der Waals surface area contributed by atoms with Crippen molar-refractivity contribution in [3.8, 4) is 0 Å². The van der Waals surface area contributed by atoms with Crippen molar-refractivity contribution >= 4 is 27.4 Å². The summed E-state index contributed by atoms with van der Waals surface area (Å²) in [6.07, 6.45) is 0.578. The summed E-state index contributed by atoms with van der Waals surface area (Å²) in [6.45, 7) is 2.03. The first kappa shape index (κ1) is 19.1. The van der Waals surface area contributed by atoms with Crippen LogP contribution in [0.25, 0.3) is 0 Å². The highest BCUT2D eigenvalue weighted by atomic mass is 32.2. The van der Waals surface area contributed by atoms with Gasteiger partial charge in [-0.05, 0) is 47.9 Å². The molecule has 0 fully saturated rings. The van der Waals surface area contributed by atoms with Gasteiger partial charge >= 0.3 is 6.03 Å². The van der Waals surface area contributed by atoms with Crippen LogP contribution < -0.4 is 9.21 Å². The van der Waals surface area contributed by atoms with E-state index in [4.69, 9.17) is 0 Å². The molecule has 3 aromatic rings. The van der Waals surface area contributed by atoms with Gasteiger partial charge < -0.3 is 0 Å². The molecule has 0 aliphatic carbocycles. The van der Waals surface area contributed by atoms with Gasteiger partial charge in [0, 0.05) is 0 Å². The molecule has 3 aromatic carbocycles. The summed E-state index contributed by atoms with van der Waals surface area (Å²) in [5.41, 5.74) is 2.11. The van der Waals surface area contributed by atoms with E-state index in [1.807, 2.05) is 19.1 Å². The molecule has 2 amide bonds. The molecule has 0 saturated heterocycles. The fourth-order valence-electron chi connectivity index (χ4n) is 3.48. The first-order chi connectivity index (χ1) is 13.9. The largest absolute Gasteiger partial charge is 0.343 e. The molecule has 0 radical (unpaired) electrons. The van der Waals surface area contributed by atoms with E-state index in [-0.39, 0.29) is 17.3 Å². The van der Waals surface area contributed by atoms with Crippen molar-refractivity contribution in [3.63, 3.8) is 0 Å². The third-order valence-corrected chi connectivity index (χ3v) is 6.66. The molecule has 7 heteroatoms. The minimum atomic E-state index is -4.07. The van der Waals surface area contributed by atoms with Gasteiger partial charge in [0.15, 0.2) is 0 Å². The van der Waals surface area contributed by atoms with Crippen LogP contribution in [-0.4, -0.2) is 14.4 Å². The van der Waals surface area contributed by atoms with E-state index in [0.29, 0.717) is 23.4 Å². The van der Waals surface area contributed by atoms with Gasteiger partial charge in [-0.3, -0.25) is 4.90 Å². The van der Waals surface area contributed by atoms with Gasteiger partial charge in [0.2, 0.25) is 0 Å². The van der Waals surface area contributed by atoms with E-state index in [1.54, 1.807) is 42.5 Å². The average Bonchev–Trinajstić information content (AvgIpc) is 2.73. The number of anilines is 2. The van der Waals surface area contributed by atoms with Gasteiger partial charge in [0.25, 0.3) is 10.0 Å². The number of amides is 2. The number of benzene rings is 3. The third-order valence-electron chi connectivity index (χ3n) is 4.92. The summed E-state index contributed by atoms with van der Waals surface area (Å²) in [7, 11) is -4.07. The fraction of sp³-hybridized carbons (Fsp3) is 0.136. The number of nitrogens with zero attached hydrogens (tertiary/aromatic N) is 2. The van der Waals surface area contributed by atoms with Crippen LogP contribution in [0, 0.1) is 5.82 Å². The number of sulfonamides is 1. The lowest BCUT2D eigenvalue weighted by Crippen LogP contribution is -2.51. The van der Waals surface area contributed by atoms with Crippen LogP contribution in [0.5, 0.6) is 0 Å². The Morgan fingerprint density at radius 1 is 0.862 bits per heavy atom. The molecule has 29 heavy (non-hydrogen) atoms. The number of urea groups is 1. The van der Waals surface area contributed by atoms with Crippen LogP contribution in [-0.2, 0) is 23.0 Å². The van der Waals surface area contributed by atoms with Crippen LogP contribution in [0.4, 0.5) is 20.6 Å². The molecule has 4 rings (SSSR count). The standard InChI is InChI=1S/C22H19FN2O3S/c1-2-17-7-3-4-8-19(17)25-22(26)24(15-16-11-13-18(23)14-12-16)20-9-5-6-10-21(20)29(25,27)28/h3-14H,2,15H2,1H3. The number of halogens is 1. The van der Waals surface area contributed by atoms with Gasteiger partial charge in [-0.2, -0.15) is 4.31 Å². The Bertz CT molecular complexity index is 1180. The Labute approximate surface area is 169 Å². The Hall–Kier alpha value is -3.19. The molecular weight excluding hydrogens is 391 g/mol. The lowest BCUT2D eigenvalue weighted by molar-refractivity contribution is 0.253. The number of carbonyl (C=O) groups excluding carboxylic acids is 1. The van der Waals surface area contributed by atoms with Crippen molar-refractivity contribution in [2.24, 2.45) is 0 Å². The summed E-state index contributed by atoms with van der Waals surface area (Å²) in [5.74, 6) is -0.375. The zero-order valence-electron chi connectivity index (χ0n) is 15.7. The van der Waals surface area contributed by atoms with Crippen LogP contribution in [0.3, 0.4) is 0 Å². The van der Waals surface area contributed by atoms with Crippen molar-refractivity contribution in [1.82, 2.24) is 0 Å². The molecular formula is C22H19FN2O3S. The van der Waals surface area contributed by atoms with Gasteiger partial charge in [0.1, 0.15) is 10.7 Å². The lowest BCUT2D eigenvalue weighted by Gasteiger charge is -2.37. The van der Waals surface area contributed by atoms with E-state index in [0.717, 1.165) is 9.87 Å². The quantitative estimate of drug-likeness (QED) is 0.625. The molecule has 5 nitrogen and oxygen atoms in total. The second-order valence-electron chi connectivity index (χ2n) is 6.71. The Morgan fingerprint density at radius 2 is 1.48 bits per heavy atom. The molecule has 148 valence electrons. The zero-order chi connectivity index (χ0) is 20.6. The minimum absolute atomic E-state index is 0.0626. The van der Waals surface area contributed by atoms with Gasteiger partial charge in [-0.1, -0.05) is 49.4 Å². The maximum Gasteiger partial charge on any atom is 0.343 e. The fourth-order valence-corrected chi connectivity index (χ4v) is 5.11. The van der Waals surface area contributed by atoms with Crippen molar-refractivity contribution in [2.45, 2.75) is 24.8 Å². The zero-order valence-corrected chi connectivity index (χ0v) is 16.6. The summed E-state index contributed by atoms with van der Waals surface area (Å²) in [6, 6.07) is 18.5. The second-order valence-corrected chi connectivity index (χ2v) is 8.47. The predicted molar refractivity (Wildman–Crippen MR) is 110 cm³/mol. The van der Waals surface area contributed by atoms with E-state index >= 15 is 0 Å². The highest BCUT2D eigenvalue weighted by molar-refractivity contribution is 7.94. The molecule has 1 aliphatic heterocycles. The number of carbonyl (C=O) groups is 1. The molecule has 0 saturated carbocycles. The molecule has 1 heterocycles. The summed E-state index contributed by atoms with van der Waals surface area (Å²) >= 11 is 0. The van der Waals surface area contributed by atoms with Crippen molar-refractivity contribution in [1.29, 1.82) is 0 Å². The van der Waals surface area contributed by atoms with Crippen LogP contribution in [0.2, 0.25) is 0 Å². The van der Waals surface area contributed by atoms with E-state index < -0.39 is 16.1 Å². The lowest BCUT2D eigenvalue weighted by atomic mass is 10.1. The predicted octanol–water partition coefficient (Wildman–Crippen LogP) is 4.72. The minimum Gasteiger partial charge on any atom is -0.287 e. The molecule has 0 bridgehead atoms. The summed E-state index contributed by atoms with van der Waals surface area (Å²) in [4.78, 5) is 14.9. The number of fused-ring (bicyclic) bond motifs is 1. The molecule has 0 unspecified atom stereocenters. The maximum atomic E-state index is 13.4. The molecule has 0 atom stereocenters. The molecule has 0 spiro atoms. The summed E-state index contributed by atoms with van der Waals surface area (Å²) < 4.78 is 40.9. The van der Waals surface area contributed by atoms with Crippen LogP contribution in [0.15, 0.2) is 77.7 Å². The first-order valence-electron chi connectivity index (χ1n) is 9.21. The highest BCUT2D eigenvalue weighted by Gasteiger charge is 2.42. The van der Waals surface area contributed by atoms with Crippen LogP contribution in [0.1, 0.15) is 18.1 Å². The maximum absolute atomic E-state index is 13.4. The van der Waals surface area contributed by atoms with Crippen LogP contribution >= 0.6 is 0 Å². The van der Waals surface area contributed by atoms with Gasteiger partial charge in [0.05, 0.1) is 17.9 Å². The Balaban J connectivity index is 1.88. The van der Waals surface area contributed by atoms with Gasteiger partial charge in [-0.25, -0.2) is 17.6 Å². The number of rotatable bonds is 4. The molecule has 0 N–H and O–H groups in total. The molecule has 0 aromatic heterocycles. The average molecular weight is 410 g/mol. The Kier molecular flexibility index (Phi) is 4.84. The third kappa shape index (κ3) is 3.27. The normalized spacial score (nSPS) is 15.3. The SMILES string of the molecule is CCc1ccccc1N1C(=O)N(Cc2ccc(F)cc2)c2ccccc2S1(=O)=O. The van der Waals surface area contributed by atoms with Crippen molar-refractivity contribution in [2.75, 3.05) is 9.21 Å². The van der Waals surface area contributed by atoms with Crippen molar-refractivity contribution < 1.29 is 17.6 Å². The van der Waals surface area contributed by atoms with Gasteiger partial charge in [-0.15, -0.1) is 0 Å². The number of hydrogen-bond donors (Lipinski definition) is 0. The number of aryl methyl sites for hydroxylation is 1. The summed E-state index contributed by atoms with van der Waals surface area (Å²) in [5, 5.41) is 0. The topological polar surface area (TPSA) is 57.7 Å².